The van der Waals surface area contributed by atoms with Crippen molar-refractivity contribution >= 4 is 12.0 Å². The van der Waals surface area contributed by atoms with Crippen molar-refractivity contribution in [3.63, 3.8) is 0 Å². The summed E-state index contributed by atoms with van der Waals surface area (Å²) in [5, 5.41) is 9.14. The van der Waals surface area contributed by atoms with Crippen molar-refractivity contribution in [2.24, 2.45) is 5.92 Å². The summed E-state index contributed by atoms with van der Waals surface area (Å²) in [7, 11) is 5.34. The molecule has 0 aliphatic carbocycles. The maximum Gasteiger partial charge on any atom is 0.329 e. The average Bonchev–Trinajstić information content (AvgIpc) is 2.72. The van der Waals surface area contributed by atoms with E-state index in [0.717, 1.165) is 19.5 Å². The summed E-state index contributed by atoms with van der Waals surface area (Å²) < 4.78 is 0. The topological polar surface area (TPSA) is 64.1 Å². The summed E-state index contributed by atoms with van der Waals surface area (Å²) in [4.78, 5) is 28.5. The minimum atomic E-state index is -1.20. The summed E-state index contributed by atoms with van der Waals surface area (Å²) in [6.45, 7) is 5.78. The van der Waals surface area contributed by atoms with Crippen LogP contribution in [0.1, 0.15) is 20.3 Å². The van der Waals surface area contributed by atoms with Gasteiger partial charge in [-0.3, -0.25) is 0 Å². The Morgan fingerprint density at radius 1 is 1.37 bits per heavy atom. The van der Waals surface area contributed by atoms with Crippen LogP contribution in [-0.2, 0) is 4.79 Å². The second kappa shape index (κ2) is 5.77. The van der Waals surface area contributed by atoms with Crippen LogP contribution in [0, 0.1) is 5.92 Å². The molecule has 1 aliphatic heterocycles. The van der Waals surface area contributed by atoms with E-state index in [0.29, 0.717) is 12.5 Å². The monoisotopic (exact) mass is 271 g/mol. The van der Waals surface area contributed by atoms with Crippen molar-refractivity contribution in [1.82, 2.24) is 14.7 Å². The molecule has 6 nitrogen and oxygen atoms in total. The number of hydrogen-bond donors (Lipinski definition) is 1. The van der Waals surface area contributed by atoms with Crippen LogP contribution in [0.3, 0.4) is 0 Å². The van der Waals surface area contributed by atoms with E-state index >= 15 is 0 Å². The van der Waals surface area contributed by atoms with Crippen molar-refractivity contribution in [3.05, 3.63) is 0 Å². The summed E-state index contributed by atoms with van der Waals surface area (Å²) in [6, 6.07) is -0.248. The van der Waals surface area contributed by atoms with E-state index in [4.69, 9.17) is 5.11 Å². The van der Waals surface area contributed by atoms with E-state index in [1.165, 1.54) is 25.8 Å². The summed E-state index contributed by atoms with van der Waals surface area (Å²) in [5.74, 6) is -0.530. The molecule has 0 spiro atoms. The lowest BCUT2D eigenvalue weighted by Crippen LogP contribution is -2.54. The molecule has 1 fully saturated rings. The van der Waals surface area contributed by atoms with Crippen molar-refractivity contribution in [1.29, 1.82) is 0 Å². The van der Waals surface area contributed by atoms with E-state index in [1.807, 2.05) is 0 Å². The SMILES string of the molecule is CN1CCC(CN(C)C(=O)N(C)C(C)(C)C(=O)O)C1. The third-order valence-corrected chi connectivity index (χ3v) is 4.00. The quantitative estimate of drug-likeness (QED) is 0.821. The third kappa shape index (κ3) is 3.59. The second-order valence-corrected chi connectivity index (χ2v) is 6.00. The van der Waals surface area contributed by atoms with Crippen molar-refractivity contribution < 1.29 is 14.7 Å². The molecule has 1 unspecified atom stereocenters. The molecule has 0 bridgehead atoms. The second-order valence-electron chi connectivity index (χ2n) is 6.00. The molecule has 1 rings (SSSR count). The van der Waals surface area contributed by atoms with E-state index in [1.54, 1.807) is 11.9 Å². The van der Waals surface area contributed by atoms with Gasteiger partial charge in [-0.25, -0.2) is 9.59 Å². The number of likely N-dealkylation sites (tertiary alicyclic amines) is 1. The number of carbonyl (C=O) groups is 2. The normalized spacial score (nSPS) is 20.4. The van der Waals surface area contributed by atoms with E-state index in [-0.39, 0.29) is 6.03 Å². The van der Waals surface area contributed by atoms with E-state index in [2.05, 4.69) is 11.9 Å². The third-order valence-electron chi connectivity index (χ3n) is 4.00. The van der Waals surface area contributed by atoms with Crippen molar-refractivity contribution in [2.75, 3.05) is 40.8 Å². The van der Waals surface area contributed by atoms with Gasteiger partial charge in [0.25, 0.3) is 0 Å². The van der Waals surface area contributed by atoms with Gasteiger partial charge in [-0.15, -0.1) is 0 Å². The van der Waals surface area contributed by atoms with Gasteiger partial charge in [0, 0.05) is 27.2 Å². The minimum Gasteiger partial charge on any atom is -0.480 e. The Bertz CT molecular complexity index is 357. The molecule has 0 saturated carbocycles. The number of carbonyl (C=O) groups excluding carboxylic acids is 1. The van der Waals surface area contributed by atoms with Gasteiger partial charge >= 0.3 is 12.0 Å². The first-order valence-corrected chi connectivity index (χ1v) is 6.57. The highest BCUT2D eigenvalue weighted by Gasteiger charge is 2.37. The molecule has 1 N–H and O–H groups in total. The molecule has 0 aromatic rings. The number of amides is 2. The van der Waals surface area contributed by atoms with Gasteiger partial charge in [0.15, 0.2) is 0 Å². The molecule has 1 heterocycles. The molecule has 0 aromatic carbocycles. The lowest BCUT2D eigenvalue weighted by Gasteiger charge is -2.35. The zero-order valence-corrected chi connectivity index (χ0v) is 12.5. The molecule has 1 saturated heterocycles. The molecule has 110 valence electrons. The van der Waals surface area contributed by atoms with Gasteiger partial charge < -0.3 is 19.8 Å². The molecular formula is C13H25N3O3. The maximum atomic E-state index is 12.2. The lowest BCUT2D eigenvalue weighted by atomic mass is 10.0. The largest absolute Gasteiger partial charge is 0.480 e. The van der Waals surface area contributed by atoms with E-state index in [9.17, 15) is 9.59 Å². The highest BCUT2D eigenvalue weighted by atomic mass is 16.4. The van der Waals surface area contributed by atoms with Crippen LogP contribution >= 0.6 is 0 Å². The first-order valence-electron chi connectivity index (χ1n) is 6.57. The zero-order valence-electron chi connectivity index (χ0n) is 12.5. The highest BCUT2D eigenvalue weighted by Crippen LogP contribution is 2.18. The van der Waals surface area contributed by atoms with Gasteiger partial charge in [-0.05, 0) is 39.8 Å². The zero-order chi connectivity index (χ0) is 14.8. The Labute approximate surface area is 115 Å². The number of carboxylic acid groups (broad SMARTS) is 1. The van der Waals surface area contributed by atoms with Crippen LogP contribution in [0.2, 0.25) is 0 Å². The Kier molecular flexibility index (Phi) is 4.79. The highest BCUT2D eigenvalue weighted by molar-refractivity contribution is 5.85. The molecule has 19 heavy (non-hydrogen) atoms. The molecular weight excluding hydrogens is 246 g/mol. The van der Waals surface area contributed by atoms with Crippen molar-refractivity contribution in [3.8, 4) is 0 Å². The number of rotatable bonds is 4. The molecule has 1 aliphatic rings. The van der Waals surface area contributed by atoms with Gasteiger partial charge in [0.1, 0.15) is 5.54 Å². The number of carboxylic acids is 1. The molecule has 1 atom stereocenters. The van der Waals surface area contributed by atoms with Gasteiger partial charge in [-0.2, -0.15) is 0 Å². The lowest BCUT2D eigenvalue weighted by molar-refractivity contribution is -0.147. The van der Waals surface area contributed by atoms with Crippen LogP contribution < -0.4 is 0 Å². The Morgan fingerprint density at radius 3 is 2.37 bits per heavy atom. The van der Waals surface area contributed by atoms with Gasteiger partial charge in [-0.1, -0.05) is 0 Å². The first-order chi connectivity index (χ1) is 8.66. The Morgan fingerprint density at radius 2 is 1.95 bits per heavy atom. The first kappa shape index (κ1) is 15.8. The van der Waals surface area contributed by atoms with Gasteiger partial charge in [0.05, 0.1) is 0 Å². The average molecular weight is 271 g/mol. The fourth-order valence-corrected chi connectivity index (χ4v) is 2.28. The number of aliphatic carboxylic acids is 1. The summed E-state index contributed by atoms with van der Waals surface area (Å²) >= 11 is 0. The maximum absolute atomic E-state index is 12.2. The predicted molar refractivity (Wildman–Crippen MR) is 73.1 cm³/mol. The minimum absolute atomic E-state index is 0.248. The van der Waals surface area contributed by atoms with Crippen LogP contribution in [0.4, 0.5) is 4.79 Å². The Balaban J connectivity index is 2.59. The van der Waals surface area contributed by atoms with Gasteiger partial charge in [0.2, 0.25) is 0 Å². The molecule has 6 heteroatoms. The number of hydrogen-bond acceptors (Lipinski definition) is 3. The van der Waals surface area contributed by atoms with Crippen LogP contribution in [0.15, 0.2) is 0 Å². The van der Waals surface area contributed by atoms with Crippen LogP contribution in [-0.4, -0.2) is 78.1 Å². The Hall–Kier alpha value is -1.30. The smallest absolute Gasteiger partial charge is 0.329 e. The van der Waals surface area contributed by atoms with E-state index < -0.39 is 11.5 Å². The predicted octanol–water partition coefficient (Wildman–Crippen LogP) is 0.785. The molecule has 2 amide bonds. The van der Waals surface area contributed by atoms with Crippen LogP contribution in [0.5, 0.6) is 0 Å². The summed E-state index contributed by atoms with van der Waals surface area (Å²) in [6.07, 6.45) is 1.08. The molecule has 0 radical (unpaired) electrons. The van der Waals surface area contributed by atoms with Crippen LogP contribution in [0.25, 0.3) is 0 Å². The van der Waals surface area contributed by atoms with Crippen molar-refractivity contribution in [2.45, 2.75) is 25.8 Å². The molecule has 0 aromatic heterocycles. The fourth-order valence-electron chi connectivity index (χ4n) is 2.28. The fraction of sp³-hybridized carbons (Fsp3) is 0.846. The standard InChI is InChI=1S/C13H25N3O3/c1-13(2,11(17)18)16(5)12(19)15(4)9-10-6-7-14(3)8-10/h10H,6-9H2,1-5H3,(H,17,18). The number of nitrogens with zero attached hydrogens (tertiary/aromatic N) is 3. The summed E-state index contributed by atoms with van der Waals surface area (Å²) in [5.41, 5.74) is -1.20. The number of likely N-dealkylation sites (N-methyl/N-ethyl adjacent to an activating group) is 1. The number of urea groups is 1.